The molecule has 4 aromatic carbocycles. The first-order valence-electron chi connectivity index (χ1n) is 11.2. The lowest BCUT2D eigenvalue weighted by Gasteiger charge is -2.14. The van der Waals surface area contributed by atoms with E-state index in [1.54, 1.807) is 0 Å². The molecule has 36 heavy (non-hydrogen) atoms. The van der Waals surface area contributed by atoms with Gasteiger partial charge in [0.05, 0.1) is 11.4 Å². The number of fused-ring (bicyclic) bond motifs is 2. The number of nitrogens with one attached hydrogen (secondary N) is 1. The van der Waals surface area contributed by atoms with Crippen LogP contribution in [-0.4, -0.2) is 20.1 Å². The fourth-order valence-corrected chi connectivity index (χ4v) is 4.76. The van der Waals surface area contributed by atoms with Crippen molar-refractivity contribution in [3.63, 3.8) is 0 Å². The fourth-order valence-electron chi connectivity index (χ4n) is 4.39. The lowest BCUT2D eigenvalue weighted by Crippen LogP contribution is -2.00. The van der Waals surface area contributed by atoms with E-state index in [0.29, 0.717) is 16.8 Å². The second-order valence-electron chi connectivity index (χ2n) is 8.70. The van der Waals surface area contributed by atoms with Crippen LogP contribution in [0.1, 0.15) is 22.3 Å². The van der Waals surface area contributed by atoms with Crippen molar-refractivity contribution in [1.82, 2.24) is 15.0 Å². The van der Waals surface area contributed by atoms with Crippen LogP contribution in [0, 0.1) is 27.7 Å². The van der Waals surface area contributed by atoms with Gasteiger partial charge in [-0.05, 0) is 108 Å². The fraction of sp³-hybridized carbons (Fsp3) is 0.148. The Morgan fingerprint density at radius 1 is 0.806 bits per heavy atom. The molecule has 5 rings (SSSR count). The van der Waals surface area contributed by atoms with Crippen molar-refractivity contribution in [3.8, 4) is 5.75 Å². The predicted octanol–water partition coefficient (Wildman–Crippen LogP) is 8.58. The molecule has 0 radical (unpaired) electrons. The van der Waals surface area contributed by atoms with E-state index >= 15 is 0 Å². The zero-order chi connectivity index (χ0) is 25.6. The van der Waals surface area contributed by atoms with Gasteiger partial charge in [0.25, 0.3) is 0 Å². The van der Waals surface area contributed by atoms with Crippen LogP contribution in [0.3, 0.4) is 0 Å². The molecule has 0 fully saturated rings. The van der Waals surface area contributed by atoms with E-state index in [4.69, 9.17) is 23.2 Å². The first kappa shape index (κ1) is 23.9. The molecular weight excluding hydrogens is 495 g/mol. The normalized spacial score (nSPS) is 11.6. The average Bonchev–Trinajstić information content (AvgIpc) is 2.79. The van der Waals surface area contributed by atoms with Gasteiger partial charge in [0, 0.05) is 5.39 Å². The summed E-state index contributed by atoms with van der Waals surface area (Å²) in [5, 5.41) is 27.1. The van der Waals surface area contributed by atoms with E-state index in [2.05, 4.69) is 55.6 Å². The van der Waals surface area contributed by atoms with Gasteiger partial charge in [0.1, 0.15) is 5.69 Å². The zero-order valence-corrected chi connectivity index (χ0v) is 21.6. The van der Waals surface area contributed by atoms with Crippen LogP contribution in [0.4, 0.5) is 23.0 Å². The SMILES string of the molecule is Cc1cc(Nc2nc(Cl)nc(Cl)n2)c2c(O)c(N=Nc3ccc4c(C)cccc4c3C)c(C)cc2c1. The molecule has 0 saturated carbocycles. The molecule has 0 amide bonds. The predicted molar refractivity (Wildman–Crippen MR) is 146 cm³/mol. The van der Waals surface area contributed by atoms with Crippen molar-refractivity contribution in [2.24, 2.45) is 10.2 Å². The minimum absolute atomic E-state index is 0.00298. The maximum atomic E-state index is 11.3. The molecule has 0 aliphatic carbocycles. The summed E-state index contributed by atoms with van der Waals surface area (Å²) >= 11 is 11.9. The number of phenolic OH excluding ortho intramolecular Hbond substituents is 1. The van der Waals surface area contributed by atoms with Crippen LogP contribution in [0.15, 0.2) is 58.8 Å². The zero-order valence-electron chi connectivity index (χ0n) is 20.1. The van der Waals surface area contributed by atoms with Gasteiger partial charge in [-0.3, -0.25) is 0 Å². The molecule has 0 bridgehead atoms. The molecule has 0 unspecified atom stereocenters. The largest absolute Gasteiger partial charge is 0.505 e. The molecule has 9 heteroatoms. The summed E-state index contributed by atoms with van der Waals surface area (Å²) in [7, 11) is 0. The molecule has 1 aromatic heterocycles. The Morgan fingerprint density at radius 2 is 1.56 bits per heavy atom. The molecule has 7 nitrogen and oxygen atoms in total. The summed E-state index contributed by atoms with van der Waals surface area (Å²) in [5.74, 6) is 0.161. The van der Waals surface area contributed by atoms with Crippen molar-refractivity contribution in [3.05, 3.63) is 81.4 Å². The molecule has 0 aliphatic heterocycles. The number of hydrogen-bond donors (Lipinski definition) is 2. The molecule has 0 aliphatic rings. The monoisotopic (exact) mass is 516 g/mol. The van der Waals surface area contributed by atoms with Gasteiger partial charge in [-0.15, -0.1) is 5.11 Å². The van der Waals surface area contributed by atoms with Crippen LogP contribution < -0.4 is 5.32 Å². The van der Waals surface area contributed by atoms with E-state index in [-0.39, 0.29) is 22.3 Å². The average molecular weight is 517 g/mol. The number of benzene rings is 4. The Morgan fingerprint density at radius 3 is 2.31 bits per heavy atom. The van der Waals surface area contributed by atoms with Gasteiger partial charge in [-0.2, -0.15) is 20.1 Å². The van der Waals surface area contributed by atoms with Gasteiger partial charge in [-0.1, -0.05) is 30.3 Å². The van der Waals surface area contributed by atoms with E-state index < -0.39 is 0 Å². The number of halogens is 2. The topological polar surface area (TPSA) is 95.7 Å². The summed E-state index contributed by atoms with van der Waals surface area (Å²) in [6, 6.07) is 16.0. The summed E-state index contributed by atoms with van der Waals surface area (Å²) in [6.45, 7) is 7.97. The second-order valence-corrected chi connectivity index (χ2v) is 9.38. The third-order valence-electron chi connectivity index (χ3n) is 6.13. The Labute approximate surface area is 217 Å². The number of aromatic hydroxyl groups is 1. The van der Waals surface area contributed by atoms with Crippen molar-refractivity contribution in [1.29, 1.82) is 0 Å². The van der Waals surface area contributed by atoms with Gasteiger partial charge in [0.2, 0.25) is 16.5 Å². The van der Waals surface area contributed by atoms with E-state index in [1.807, 2.05) is 51.1 Å². The number of hydrogen-bond acceptors (Lipinski definition) is 7. The van der Waals surface area contributed by atoms with E-state index in [0.717, 1.165) is 33.2 Å². The van der Waals surface area contributed by atoms with Crippen LogP contribution in [-0.2, 0) is 0 Å². The molecule has 2 N–H and O–H groups in total. The number of rotatable bonds is 4. The molecule has 180 valence electrons. The van der Waals surface area contributed by atoms with Crippen molar-refractivity contribution in [2.45, 2.75) is 27.7 Å². The molecular formula is C27H22Cl2N6O. The minimum atomic E-state index is -0.0371. The van der Waals surface area contributed by atoms with Crippen molar-refractivity contribution in [2.75, 3.05) is 5.32 Å². The quantitative estimate of drug-likeness (QED) is 0.233. The molecule has 1 heterocycles. The standard InChI is InChI=1S/C27H22Cl2N6O/c1-13-10-17-12-15(3)23(35-34-20-9-8-18-14(2)6-5-7-19(18)16(20)4)24(36)22(17)21(11-13)30-27-32-25(28)31-26(29)33-27/h5-12,36H,1-4H3,(H,30,31,32,33). The van der Waals surface area contributed by atoms with Gasteiger partial charge >= 0.3 is 0 Å². The number of azo groups is 1. The third kappa shape index (κ3) is 4.43. The highest BCUT2D eigenvalue weighted by molar-refractivity contribution is 6.31. The summed E-state index contributed by atoms with van der Waals surface area (Å²) in [4.78, 5) is 11.9. The number of anilines is 2. The lowest BCUT2D eigenvalue weighted by atomic mass is 10.00. The van der Waals surface area contributed by atoms with Crippen LogP contribution in [0.2, 0.25) is 10.6 Å². The highest BCUT2D eigenvalue weighted by Crippen LogP contribution is 2.43. The molecule has 0 saturated heterocycles. The van der Waals surface area contributed by atoms with Gasteiger partial charge in [0.15, 0.2) is 5.75 Å². The van der Waals surface area contributed by atoms with Crippen LogP contribution in [0.5, 0.6) is 5.75 Å². The summed E-state index contributed by atoms with van der Waals surface area (Å²) < 4.78 is 0. The van der Waals surface area contributed by atoms with Crippen LogP contribution in [0.25, 0.3) is 21.5 Å². The summed E-state index contributed by atoms with van der Waals surface area (Å²) in [6.07, 6.45) is 0. The highest BCUT2D eigenvalue weighted by atomic mass is 35.5. The summed E-state index contributed by atoms with van der Waals surface area (Å²) in [5.41, 5.74) is 5.70. The van der Waals surface area contributed by atoms with E-state index in [9.17, 15) is 5.11 Å². The van der Waals surface area contributed by atoms with Crippen LogP contribution >= 0.6 is 23.2 Å². The number of aromatic nitrogens is 3. The highest BCUT2D eigenvalue weighted by Gasteiger charge is 2.16. The Bertz CT molecular complexity index is 1680. The number of aryl methyl sites for hydroxylation is 4. The first-order valence-corrected chi connectivity index (χ1v) is 12.0. The Kier molecular flexibility index (Phi) is 6.20. The third-order valence-corrected chi connectivity index (χ3v) is 6.46. The Hall–Kier alpha value is -3.81. The lowest BCUT2D eigenvalue weighted by molar-refractivity contribution is 0.482. The molecule has 5 aromatic rings. The Balaban J connectivity index is 1.62. The maximum Gasteiger partial charge on any atom is 0.232 e. The van der Waals surface area contributed by atoms with Gasteiger partial charge < -0.3 is 10.4 Å². The second kappa shape index (κ2) is 9.33. The number of phenols is 1. The number of nitrogens with zero attached hydrogens (tertiary/aromatic N) is 5. The molecule has 0 atom stereocenters. The minimum Gasteiger partial charge on any atom is -0.505 e. The maximum absolute atomic E-state index is 11.3. The molecule has 0 spiro atoms. The van der Waals surface area contributed by atoms with Crippen molar-refractivity contribution < 1.29 is 5.11 Å². The first-order chi connectivity index (χ1) is 17.2. The van der Waals surface area contributed by atoms with E-state index in [1.165, 1.54) is 10.9 Å². The smallest absolute Gasteiger partial charge is 0.232 e. The van der Waals surface area contributed by atoms with Crippen molar-refractivity contribution >= 4 is 67.8 Å². The van der Waals surface area contributed by atoms with Gasteiger partial charge in [-0.25, -0.2) is 0 Å².